The summed E-state index contributed by atoms with van der Waals surface area (Å²) in [5, 5.41) is 8.68. The standard InChI is InChI=1S/C42H54N6O7/c1-29(2)22-36-42(53)46(3)27-38(49)44-33(23-30-10-6-5-7-11-30)28-55-37-13-9-8-12-34(37)40(51)45-35(24-39(50)47(36)4)41(52)43-25-31-14-16-32(17-15-31)26-48-18-20-54-21-19-48/h5-17,29,33,35-36H,18-28H2,1-4H3,(H,43,52)(H,44,49)(H,45,51)/t33-,35+,36+/m1/s1. The van der Waals surface area contributed by atoms with Gasteiger partial charge in [-0.1, -0.05) is 80.6 Å². The zero-order valence-electron chi connectivity index (χ0n) is 32.3. The van der Waals surface area contributed by atoms with E-state index in [1.165, 1.54) is 23.9 Å². The number of likely N-dealkylation sites (N-methyl/N-ethyl adjacent to an activating group) is 2. The summed E-state index contributed by atoms with van der Waals surface area (Å²) in [5.41, 5.74) is 3.14. The molecule has 294 valence electrons. The fraction of sp³-hybridized carbons (Fsp3) is 0.452. The first kappa shape index (κ1) is 40.9. The summed E-state index contributed by atoms with van der Waals surface area (Å²) in [6, 6.07) is 21.5. The van der Waals surface area contributed by atoms with Crippen LogP contribution in [0.15, 0.2) is 78.9 Å². The van der Waals surface area contributed by atoms with E-state index in [0.717, 1.165) is 49.5 Å². The van der Waals surface area contributed by atoms with Crippen LogP contribution in [0.5, 0.6) is 5.75 Å². The van der Waals surface area contributed by atoms with E-state index >= 15 is 0 Å². The quantitative estimate of drug-likeness (QED) is 0.302. The molecular weight excluding hydrogens is 700 g/mol. The molecule has 1 saturated heterocycles. The summed E-state index contributed by atoms with van der Waals surface area (Å²) in [6.45, 7) is 7.85. The predicted molar refractivity (Wildman–Crippen MR) is 208 cm³/mol. The van der Waals surface area contributed by atoms with Crippen LogP contribution in [-0.4, -0.2) is 116 Å². The van der Waals surface area contributed by atoms with Crippen LogP contribution >= 0.6 is 0 Å². The zero-order chi connectivity index (χ0) is 39.3. The number of ether oxygens (including phenoxy) is 2. The van der Waals surface area contributed by atoms with Gasteiger partial charge in [-0.25, -0.2) is 0 Å². The fourth-order valence-corrected chi connectivity index (χ4v) is 6.74. The zero-order valence-corrected chi connectivity index (χ0v) is 32.3. The number of fused-ring (bicyclic) bond motifs is 1. The molecule has 55 heavy (non-hydrogen) atoms. The molecule has 2 aliphatic rings. The van der Waals surface area contributed by atoms with E-state index in [9.17, 15) is 24.0 Å². The number of carbonyl (C=O) groups excluding carboxylic acids is 5. The smallest absolute Gasteiger partial charge is 0.255 e. The second kappa shape index (κ2) is 19.9. The van der Waals surface area contributed by atoms with Crippen molar-refractivity contribution in [3.05, 3.63) is 101 Å². The first-order chi connectivity index (χ1) is 26.5. The van der Waals surface area contributed by atoms with Gasteiger partial charge in [0.1, 0.15) is 24.4 Å². The van der Waals surface area contributed by atoms with Crippen molar-refractivity contribution < 1.29 is 33.4 Å². The molecule has 2 heterocycles. The van der Waals surface area contributed by atoms with E-state index in [2.05, 4.69) is 20.9 Å². The van der Waals surface area contributed by atoms with Crippen molar-refractivity contribution in [2.75, 3.05) is 53.6 Å². The van der Waals surface area contributed by atoms with E-state index in [4.69, 9.17) is 9.47 Å². The van der Waals surface area contributed by atoms with Crippen LogP contribution in [-0.2, 0) is 43.4 Å². The largest absolute Gasteiger partial charge is 0.491 e. The van der Waals surface area contributed by atoms with Gasteiger partial charge < -0.3 is 35.2 Å². The number of amides is 5. The van der Waals surface area contributed by atoms with Gasteiger partial charge in [-0.3, -0.25) is 28.9 Å². The summed E-state index contributed by atoms with van der Waals surface area (Å²) in [4.78, 5) is 74.0. The molecule has 13 nitrogen and oxygen atoms in total. The number of rotatable bonds is 9. The summed E-state index contributed by atoms with van der Waals surface area (Å²) in [7, 11) is 3.05. The lowest BCUT2D eigenvalue weighted by Crippen LogP contribution is -2.54. The Morgan fingerprint density at radius 3 is 2.24 bits per heavy atom. The number of hydrogen-bond donors (Lipinski definition) is 3. The SMILES string of the molecule is CC(C)C[C@H]1C(=O)N(C)CC(=O)N[C@H](Cc2ccccc2)COc2ccccc2C(=O)N[C@H](C(=O)NCc2ccc(CN3CCOCC3)cc2)CC(=O)N1C. The molecule has 13 heteroatoms. The lowest BCUT2D eigenvalue weighted by atomic mass is 10.0. The highest BCUT2D eigenvalue weighted by molar-refractivity contribution is 6.01. The molecule has 3 aromatic carbocycles. The molecule has 0 unspecified atom stereocenters. The molecule has 5 amide bonds. The Morgan fingerprint density at radius 2 is 1.53 bits per heavy atom. The number of nitrogens with zero attached hydrogens (tertiary/aromatic N) is 3. The van der Waals surface area contributed by atoms with Gasteiger partial charge in [0.05, 0.1) is 37.8 Å². The molecular formula is C42H54N6O7. The lowest BCUT2D eigenvalue weighted by molar-refractivity contribution is -0.146. The molecule has 3 N–H and O–H groups in total. The summed E-state index contributed by atoms with van der Waals surface area (Å²) < 4.78 is 11.6. The minimum Gasteiger partial charge on any atom is -0.491 e. The third-order valence-corrected chi connectivity index (χ3v) is 9.86. The van der Waals surface area contributed by atoms with Gasteiger partial charge in [-0.15, -0.1) is 0 Å². The minimum atomic E-state index is -1.27. The number of hydrogen-bond acceptors (Lipinski definition) is 8. The minimum absolute atomic E-state index is 0.0228. The van der Waals surface area contributed by atoms with Gasteiger partial charge in [-0.05, 0) is 47.6 Å². The maximum absolute atomic E-state index is 13.9. The second-order valence-electron chi connectivity index (χ2n) is 14.8. The van der Waals surface area contributed by atoms with Crippen molar-refractivity contribution in [2.45, 2.75) is 64.3 Å². The van der Waals surface area contributed by atoms with Crippen molar-refractivity contribution in [3.8, 4) is 5.75 Å². The highest BCUT2D eigenvalue weighted by Crippen LogP contribution is 2.21. The molecule has 5 rings (SSSR count). The van der Waals surface area contributed by atoms with Crippen LogP contribution in [0, 0.1) is 5.92 Å². The predicted octanol–water partition coefficient (Wildman–Crippen LogP) is 2.78. The van der Waals surface area contributed by atoms with Gasteiger partial charge in [-0.2, -0.15) is 0 Å². The second-order valence-corrected chi connectivity index (χ2v) is 14.8. The van der Waals surface area contributed by atoms with Crippen LogP contribution in [0.3, 0.4) is 0 Å². The van der Waals surface area contributed by atoms with Crippen molar-refractivity contribution >= 4 is 29.5 Å². The van der Waals surface area contributed by atoms with Gasteiger partial charge >= 0.3 is 0 Å². The first-order valence-electron chi connectivity index (χ1n) is 19.0. The van der Waals surface area contributed by atoms with Crippen molar-refractivity contribution in [3.63, 3.8) is 0 Å². The highest BCUT2D eigenvalue weighted by Gasteiger charge is 2.34. The molecule has 0 aliphatic carbocycles. The van der Waals surface area contributed by atoms with E-state index in [0.29, 0.717) is 12.8 Å². The number of nitrogens with one attached hydrogen (secondary N) is 3. The van der Waals surface area contributed by atoms with E-state index in [1.54, 1.807) is 24.3 Å². The topological polar surface area (TPSA) is 150 Å². The van der Waals surface area contributed by atoms with Crippen molar-refractivity contribution in [1.29, 1.82) is 0 Å². The monoisotopic (exact) mass is 754 g/mol. The fourth-order valence-electron chi connectivity index (χ4n) is 6.74. The number of para-hydroxylation sites is 1. The Balaban J connectivity index is 1.39. The number of benzene rings is 3. The third kappa shape index (κ3) is 12.1. The molecule has 0 saturated carbocycles. The van der Waals surface area contributed by atoms with Crippen molar-refractivity contribution in [2.24, 2.45) is 5.92 Å². The molecule has 0 aromatic heterocycles. The van der Waals surface area contributed by atoms with E-state index in [1.807, 2.05) is 68.4 Å². The third-order valence-electron chi connectivity index (χ3n) is 9.86. The summed E-state index contributed by atoms with van der Waals surface area (Å²) in [5.74, 6) is -2.19. The van der Waals surface area contributed by atoms with Crippen LogP contribution < -0.4 is 20.7 Å². The maximum Gasteiger partial charge on any atom is 0.255 e. The Morgan fingerprint density at radius 1 is 0.855 bits per heavy atom. The van der Waals surface area contributed by atoms with Gasteiger partial charge in [0.25, 0.3) is 5.91 Å². The van der Waals surface area contributed by atoms with Gasteiger partial charge in [0.15, 0.2) is 0 Å². The first-order valence-corrected chi connectivity index (χ1v) is 19.0. The van der Waals surface area contributed by atoms with E-state index < -0.39 is 54.1 Å². The average molecular weight is 755 g/mol. The van der Waals surface area contributed by atoms with Crippen molar-refractivity contribution in [1.82, 2.24) is 30.7 Å². The van der Waals surface area contributed by atoms with Gasteiger partial charge in [0.2, 0.25) is 23.6 Å². The Kier molecular flexibility index (Phi) is 14.8. The molecule has 2 aliphatic heterocycles. The van der Waals surface area contributed by atoms with Crippen LogP contribution in [0.4, 0.5) is 0 Å². The molecule has 0 spiro atoms. The van der Waals surface area contributed by atoms with Crippen LogP contribution in [0.2, 0.25) is 0 Å². The van der Waals surface area contributed by atoms with Crippen LogP contribution in [0.1, 0.15) is 53.7 Å². The molecule has 0 radical (unpaired) electrons. The lowest BCUT2D eigenvalue weighted by Gasteiger charge is -2.32. The number of morpholine rings is 1. The molecule has 0 bridgehead atoms. The normalized spacial score (nSPS) is 20.9. The molecule has 3 atom stereocenters. The highest BCUT2D eigenvalue weighted by atomic mass is 16.5. The van der Waals surface area contributed by atoms with E-state index in [-0.39, 0.29) is 36.9 Å². The van der Waals surface area contributed by atoms with Gasteiger partial charge in [0, 0.05) is 40.3 Å². The van der Waals surface area contributed by atoms with Crippen LogP contribution in [0.25, 0.3) is 0 Å². The molecule has 1 fully saturated rings. The Hall–Kier alpha value is -5.27. The summed E-state index contributed by atoms with van der Waals surface area (Å²) in [6.07, 6.45) is 0.362. The number of carbonyl (C=O) groups is 5. The summed E-state index contributed by atoms with van der Waals surface area (Å²) >= 11 is 0. The average Bonchev–Trinajstić information content (AvgIpc) is 3.18. The Labute approximate surface area is 323 Å². The Bertz CT molecular complexity index is 1760. The molecule has 3 aromatic rings. The maximum atomic E-state index is 13.9.